The van der Waals surface area contributed by atoms with Gasteiger partial charge in [-0.05, 0) is 68.5 Å². The molecule has 25 heteroatoms. The number of aryl methyl sites for hydroxylation is 1. The second kappa shape index (κ2) is 29.5. The van der Waals surface area contributed by atoms with E-state index in [0.29, 0.717) is 59.0 Å². The number of likely N-dealkylation sites (tertiary alicyclic amines) is 2. The Labute approximate surface area is 494 Å². The third kappa shape index (κ3) is 17.4. The van der Waals surface area contributed by atoms with Gasteiger partial charge in [-0.15, -0.1) is 35.1 Å². The number of hydrogen-bond acceptors (Lipinski definition) is 17. The topological polar surface area (TPSA) is 233 Å². The first kappa shape index (κ1) is 64.3. The Morgan fingerprint density at radius 1 is 0.831 bits per heavy atom. The number of rotatable bonds is 26. The van der Waals surface area contributed by atoms with Crippen molar-refractivity contribution < 1.29 is 60.9 Å². The van der Waals surface area contributed by atoms with E-state index in [-0.39, 0.29) is 68.2 Å². The first-order valence-corrected chi connectivity index (χ1v) is 29.0. The molecule has 0 unspecified atom stereocenters. The van der Waals surface area contributed by atoms with Crippen molar-refractivity contribution in [2.75, 3.05) is 85.6 Å². The second-order valence-electron chi connectivity index (χ2n) is 21.5. The number of nitrogens with one attached hydrogen (secondary N) is 3. The summed E-state index contributed by atoms with van der Waals surface area (Å²) in [6, 6.07) is 21.5. The number of thiazole rings is 2. The van der Waals surface area contributed by atoms with Gasteiger partial charge in [-0.1, -0.05) is 92.7 Å². The van der Waals surface area contributed by atoms with Crippen LogP contribution in [-0.2, 0) is 44.9 Å². The summed E-state index contributed by atoms with van der Waals surface area (Å²) >= 11 is 3.12. The van der Waals surface area contributed by atoms with Gasteiger partial charge >= 0.3 is 12.1 Å². The largest absolute Gasteiger partial charge is 0.471 e. The van der Waals surface area contributed by atoms with Gasteiger partial charge in [-0.3, -0.25) is 19.2 Å². The van der Waals surface area contributed by atoms with Crippen LogP contribution in [-0.4, -0.2) is 162 Å². The predicted molar refractivity (Wildman–Crippen MR) is 309 cm³/mol. The van der Waals surface area contributed by atoms with Crippen molar-refractivity contribution in [3.8, 4) is 33.1 Å². The highest BCUT2D eigenvalue weighted by molar-refractivity contribution is 7.13. The summed E-state index contributed by atoms with van der Waals surface area (Å²) < 4.78 is 66.5. The van der Waals surface area contributed by atoms with Crippen LogP contribution in [0.25, 0.3) is 33.1 Å². The average Bonchev–Trinajstić information content (AvgIpc) is 4.51. The summed E-state index contributed by atoms with van der Waals surface area (Å²) in [4.78, 5) is 72.0. The van der Waals surface area contributed by atoms with E-state index in [1.807, 2.05) is 94.6 Å². The molecule has 2 aliphatic rings. The van der Waals surface area contributed by atoms with E-state index in [1.54, 1.807) is 40.3 Å². The molecule has 2 saturated heterocycles. The van der Waals surface area contributed by atoms with Crippen LogP contribution in [0.4, 0.5) is 13.2 Å². The SMILES string of the molecule is Cc1ncsc1-c1ccc([C@H](C)NC(=O)[C@@H]2C[C@@H](O)CN2C(=O)[C@@H](NC(=O)COCCOCCOCCOCCN2CCC(CNC(=O)c3cccc(-c4noc(C(F)(F)F)n4)c3)(c3nc(-c4ccccc4)cs3)CC2)C(C)(C)C)cc1.Cl. The molecule has 83 heavy (non-hydrogen) atoms. The number of amides is 4. The summed E-state index contributed by atoms with van der Waals surface area (Å²) in [6.45, 7) is 13.5. The number of carbonyl (C=O) groups is 4. The van der Waals surface area contributed by atoms with Gasteiger partial charge in [0.15, 0.2) is 0 Å². The van der Waals surface area contributed by atoms with Crippen LogP contribution >= 0.6 is 35.1 Å². The molecule has 4 amide bonds. The molecule has 448 valence electrons. The van der Waals surface area contributed by atoms with E-state index in [9.17, 15) is 37.5 Å². The van der Waals surface area contributed by atoms with Crippen LogP contribution < -0.4 is 16.0 Å². The third-order valence-corrected chi connectivity index (χ3v) is 16.5. The smallest absolute Gasteiger partial charge is 0.391 e. The zero-order valence-corrected chi connectivity index (χ0v) is 49.4. The van der Waals surface area contributed by atoms with Crippen LogP contribution in [0.3, 0.4) is 0 Å². The highest BCUT2D eigenvalue weighted by atomic mass is 35.5. The molecule has 2 fully saturated rings. The predicted octanol–water partition coefficient (Wildman–Crippen LogP) is 7.93. The summed E-state index contributed by atoms with van der Waals surface area (Å²) in [5.74, 6) is -3.50. The second-order valence-corrected chi connectivity index (χ2v) is 23.2. The fraction of sp³-hybridized carbons (Fsp3) is 0.483. The summed E-state index contributed by atoms with van der Waals surface area (Å²) in [5.41, 5.74) is 5.76. The molecule has 4 atom stereocenters. The van der Waals surface area contributed by atoms with Gasteiger partial charge < -0.3 is 54.3 Å². The molecular weight excluding hydrogens is 1140 g/mol. The molecule has 2 aliphatic heterocycles. The Morgan fingerprint density at radius 2 is 1.49 bits per heavy atom. The monoisotopic (exact) mass is 1210 g/mol. The highest BCUT2D eigenvalue weighted by Crippen LogP contribution is 2.39. The minimum absolute atomic E-state index is 0. The van der Waals surface area contributed by atoms with E-state index in [0.717, 1.165) is 51.1 Å². The van der Waals surface area contributed by atoms with Crippen molar-refractivity contribution in [1.29, 1.82) is 0 Å². The van der Waals surface area contributed by atoms with Crippen molar-refractivity contribution in [2.45, 2.75) is 89.7 Å². The zero-order chi connectivity index (χ0) is 58.4. The first-order valence-electron chi connectivity index (χ1n) is 27.2. The van der Waals surface area contributed by atoms with Gasteiger partial charge in [0.1, 0.15) is 23.7 Å². The zero-order valence-electron chi connectivity index (χ0n) is 46.9. The van der Waals surface area contributed by atoms with E-state index in [2.05, 4.69) is 40.5 Å². The molecule has 3 aromatic carbocycles. The van der Waals surface area contributed by atoms with Crippen molar-refractivity contribution in [1.82, 2.24) is 45.9 Å². The number of piperidine rings is 1. The van der Waals surface area contributed by atoms with Gasteiger partial charge in [0.25, 0.3) is 5.91 Å². The number of β-amino-alcohol motifs (C(OH)–C–C–N with tert-alkyl or cyclic N) is 1. The molecular formula is C58H71ClF3N9O10S2. The number of nitrogens with zero attached hydrogens (tertiary/aromatic N) is 6. The minimum atomic E-state index is -4.79. The maximum atomic E-state index is 14.1. The number of aliphatic hydroxyl groups excluding tert-OH is 1. The number of aromatic nitrogens is 4. The molecule has 0 bridgehead atoms. The molecule has 4 N–H and O–H groups in total. The van der Waals surface area contributed by atoms with Crippen molar-refractivity contribution in [3.05, 3.63) is 117 Å². The Hall–Kier alpha value is -6.22. The summed E-state index contributed by atoms with van der Waals surface area (Å²) in [7, 11) is 0. The van der Waals surface area contributed by atoms with Crippen LogP contribution in [0.1, 0.15) is 85.5 Å². The fourth-order valence-electron chi connectivity index (χ4n) is 9.77. The highest BCUT2D eigenvalue weighted by Gasteiger charge is 2.45. The van der Waals surface area contributed by atoms with Crippen LogP contribution in [0.5, 0.6) is 0 Å². The van der Waals surface area contributed by atoms with Crippen molar-refractivity contribution in [2.24, 2.45) is 5.41 Å². The molecule has 8 rings (SSSR count). The standard InChI is InChI=1S/C58H70F3N9O10S2.ClH/c1-37(39-14-16-41(17-15-39)48-38(2)63-36-82-48)64-52(74)46-31-44(71)32-70(46)53(75)49(56(3,4)5)66-47(72)33-79-29-28-78-27-26-77-25-24-76-23-22-69-20-18-57(19-21-69,55-65-45(34-81-55)40-10-7-6-8-11-40)35-62-51(73)43-13-9-12-42(30-43)50-67-54(80-68-50)58(59,60)61;/h6-17,30,34,36-37,44,46,49,71H,18-29,31-33,35H2,1-5H3,(H,62,73)(H,64,74)(H,66,72);1H/t37-,44+,46-,49+;/m0./s1. The van der Waals surface area contributed by atoms with Crippen LogP contribution in [0.2, 0.25) is 0 Å². The lowest BCUT2D eigenvalue weighted by molar-refractivity contribution is -0.159. The van der Waals surface area contributed by atoms with Crippen LogP contribution in [0.15, 0.2) is 94.3 Å². The van der Waals surface area contributed by atoms with E-state index < -0.39 is 64.7 Å². The number of ether oxygens (including phenoxy) is 4. The lowest BCUT2D eigenvalue weighted by atomic mass is 9.78. The number of alkyl halides is 3. The van der Waals surface area contributed by atoms with Crippen molar-refractivity contribution >= 4 is 58.7 Å². The average molecular weight is 1210 g/mol. The first-order chi connectivity index (χ1) is 39.3. The maximum Gasteiger partial charge on any atom is 0.471 e. The van der Waals surface area contributed by atoms with Gasteiger partial charge in [0.2, 0.25) is 23.5 Å². The number of carbonyl (C=O) groups excluding carboxylic acids is 4. The molecule has 0 spiro atoms. The Morgan fingerprint density at radius 3 is 2.13 bits per heavy atom. The van der Waals surface area contributed by atoms with Gasteiger partial charge in [0, 0.05) is 53.5 Å². The quantitative estimate of drug-likeness (QED) is 0.0378. The Balaban J connectivity index is 0.00000990. The number of halogens is 4. The number of hydrogen-bond donors (Lipinski definition) is 4. The Bertz CT molecular complexity index is 3060. The number of aliphatic hydroxyl groups is 1. The lowest BCUT2D eigenvalue weighted by Crippen LogP contribution is -2.58. The summed E-state index contributed by atoms with van der Waals surface area (Å²) in [6.07, 6.45) is -4.21. The molecule has 0 radical (unpaired) electrons. The molecule has 0 aliphatic carbocycles. The van der Waals surface area contributed by atoms with Gasteiger partial charge in [0.05, 0.1) is 80.2 Å². The molecule has 19 nitrogen and oxygen atoms in total. The van der Waals surface area contributed by atoms with E-state index in [4.69, 9.17) is 23.9 Å². The Kier molecular flexibility index (Phi) is 22.9. The normalized spacial score (nSPS) is 17.1. The van der Waals surface area contributed by atoms with Gasteiger partial charge in [-0.2, -0.15) is 18.2 Å². The molecule has 0 saturated carbocycles. The number of benzene rings is 3. The maximum absolute atomic E-state index is 14.1. The third-order valence-electron chi connectivity index (χ3n) is 14.4. The molecule has 5 heterocycles. The fourth-order valence-corrected chi connectivity index (χ4v) is 11.7. The molecule has 3 aromatic heterocycles. The summed E-state index contributed by atoms with van der Waals surface area (Å²) in [5, 5.41) is 25.9. The molecule has 6 aromatic rings. The van der Waals surface area contributed by atoms with Crippen LogP contribution in [0, 0.1) is 12.3 Å². The lowest BCUT2D eigenvalue weighted by Gasteiger charge is -2.40. The van der Waals surface area contributed by atoms with E-state index >= 15 is 0 Å². The van der Waals surface area contributed by atoms with E-state index in [1.165, 1.54) is 17.0 Å². The minimum Gasteiger partial charge on any atom is -0.391 e. The van der Waals surface area contributed by atoms with Gasteiger partial charge in [-0.25, -0.2) is 9.97 Å². The van der Waals surface area contributed by atoms with Crippen molar-refractivity contribution in [3.63, 3.8) is 0 Å².